The number of carboxylic acid groups (broad SMARTS) is 1. The lowest BCUT2D eigenvalue weighted by molar-refractivity contribution is -0.401. The number of hydrogen-bond acceptors (Lipinski definition) is 6. The van der Waals surface area contributed by atoms with Gasteiger partial charge in [-0.2, -0.15) is 0 Å². The van der Waals surface area contributed by atoms with Gasteiger partial charge in [-0.3, -0.25) is 10.1 Å². The molecular formula is C8H4N2O6. The molecule has 0 amide bonds. The number of nitro groups is 1. The Morgan fingerprint density at radius 2 is 2.25 bits per heavy atom. The third kappa shape index (κ3) is 1.63. The van der Waals surface area contributed by atoms with E-state index in [1.807, 2.05) is 0 Å². The van der Waals surface area contributed by atoms with Crippen LogP contribution in [0.15, 0.2) is 27.1 Å². The molecule has 1 N–H and O–H groups in total. The van der Waals surface area contributed by atoms with Crippen molar-refractivity contribution in [2.45, 2.75) is 0 Å². The quantitative estimate of drug-likeness (QED) is 0.619. The van der Waals surface area contributed by atoms with Gasteiger partial charge in [-0.1, -0.05) is 5.16 Å². The smallest absolute Gasteiger partial charge is 0.433 e. The number of carbonyl (C=O) groups is 1. The normalized spacial score (nSPS) is 10.2. The van der Waals surface area contributed by atoms with E-state index in [2.05, 4.69) is 9.68 Å². The summed E-state index contributed by atoms with van der Waals surface area (Å²) < 4.78 is 9.28. The van der Waals surface area contributed by atoms with Gasteiger partial charge in [0, 0.05) is 6.07 Å². The Morgan fingerprint density at radius 1 is 1.50 bits per heavy atom. The fourth-order valence-corrected chi connectivity index (χ4v) is 1.06. The Bertz CT molecular complexity index is 504. The van der Waals surface area contributed by atoms with Crippen molar-refractivity contribution in [3.8, 4) is 11.5 Å². The first-order valence-corrected chi connectivity index (χ1v) is 4.02. The van der Waals surface area contributed by atoms with Crippen molar-refractivity contribution in [1.82, 2.24) is 5.16 Å². The summed E-state index contributed by atoms with van der Waals surface area (Å²) in [7, 11) is 0. The molecule has 0 atom stereocenters. The highest BCUT2D eigenvalue weighted by Gasteiger charge is 2.18. The molecule has 0 aliphatic heterocycles. The molecule has 16 heavy (non-hydrogen) atoms. The van der Waals surface area contributed by atoms with Crippen molar-refractivity contribution in [2.24, 2.45) is 0 Å². The average molecular weight is 224 g/mol. The SMILES string of the molecule is O=C(O)c1cc(-c2ccc([N+](=O)[O-])o2)no1. The van der Waals surface area contributed by atoms with Gasteiger partial charge < -0.3 is 14.0 Å². The minimum atomic E-state index is -1.28. The number of hydrogen-bond donors (Lipinski definition) is 1. The molecule has 0 aliphatic carbocycles. The first kappa shape index (κ1) is 9.90. The van der Waals surface area contributed by atoms with Crippen molar-refractivity contribution in [3.63, 3.8) is 0 Å². The van der Waals surface area contributed by atoms with E-state index in [-0.39, 0.29) is 17.2 Å². The number of carboxylic acids is 1. The van der Waals surface area contributed by atoms with Crippen LogP contribution in [-0.4, -0.2) is 21.2 Å². The molecule has 0 fully saturated rings. The van der Waals surface area contributed by atoms with Gasteiger partial charge in [0.2, 0.25) is 5.76 Å². The summed E-state index contributed by atoms with van der Waals surface area (Å²) in [4.78, 5) is 20.1. The number of furan rings is 1. The molecule has 82 valence electrons. The molecule has 0 aromatic carbocycles. The fraction of sp³-hybridized carbons (Fsp3) is 0. The van der Waals surface area contributed by atoms with Crippen LogP contribution in [0.5, 0.6) is 0 Å². The second kappa shape index (κ2) is 3.50. The first-order chi connectivity index (χ1) is 7.58. The van der Waals surface area contributed by atoms with E-state index < -0.39 is 16.8 Å². The summed E-state index contributed by atoms with van der Waals surface area (Å²) in [5.41, 5.74) is 0.0884. The van der Waals surface area contributed by atoms with Crippen LogP contribution >= 0.6 is 0 Å². The Kier molecular flexibility index (Phi) is 2.16. The monoisotopic (exact) mass is 224 g/mol. The lowest BCUT2D eigenvalue weighted by Gasteiger charge is -1.84. The summed E-state index contributed by atoms with van der Waals surface area (Å²) >= 11 is 0. The zero-order chi connectivity index (χ0) is 11.7. The molecule has 2 aromatic rings. The molecule has 0 bridgehead atoms. The van der Waals surface area contributed by atoms with E-state index in [9.17, 15) is 14.9 Å². The second-order valence-corrected chi connectivity index (χ2v) is 2.78. The summed E-state index contributed by atoms with van der Waals surface area (Å²) in [5.74, 6) is -2.02. The van der Waals surface area contributed by atoms with Crippen molar-refractivity contribution >= 4 is 11.9 Å². The maximum atomic E-state index is 10.5. The molecule has 0 spiro atoms. The number of rotatable bonds is 3. The zero-order valence-corrected chi connectivity index (χ0v) is 7.61. The van der Waals surface area contributed by atoms with Crippen molar-refractivity contribution < 1.29 is 23.8 Å². The average Bonchev–Trinajstić information content (AvgIpc) is 2.86. The predicted octanol–water partition coefficient (Wildman–Crippen LogP) is 1.54. The van der Waals surface area contributed by atoms with Crippen LogP contribution in [0, 0.1) is 10.1 Å². The lowest BCUT2D eigenvalue weighted by Crippen LogP contribution is -1.91. The second-order valence-electron chi connectivity index (χ2n) is 2.78. The molecule has 2 rings (SSSR count). The molecule has 0 saturated heterocycles. The van der Waals surface area contributed by atoms with E-state index >= 15 is 0 Å². The van der Waals surface area contributed by atoms with Crippen LogP contribution in [0.1, 0.15) is 10.6 Å². The maximum absolute atomic E-state index is 10.5. The summed E-state index contributed by atoms with van der Waals surface area (Å²) in [5, 5.41) is 22.3. The van der Waals surface area contributed by atoms with E-state index in [4.69, 9.17) is 9.52 Å². The van der Waals surface area contributed by atoms with Crippen LogP contribution in [0.25, 0.3) is 11.5 Å². The van der Waals surface area contributed by atoms with Gasteiger partial charge in [0.05, 0.1) is 6.07 Å². The van der Waals surface area contributed by atoms with Crippen LogP contribution in [-0.2, 0) is 0 Å². The Morgan fingerprint density at radius 3 is 2.75 bits per heavy atom. The highest BCUT2D eigenvalue weighted by atomic mass is 16.6. The summed E-state index contributed by atoms with van der Waals surface area (Å²) in [6, 6.07) is 3.57. The van der Waals surface area contributed by atoms with Gasteiger partial charge in [0.15, 0.2) is 5.76 Å². The lowest BCUT2D eigenvalue weighted by atomic mass is 10.3. The maximum Gasteiger partial charge on any atom is 0.433 e. The summed E-state index contributed by atoms with van der Waals surface area (Å²) in [6.07, 6.45) is 0. The Balaban J connectivity index is 2.35. The van der Waals surface area contributed by atoms with E-state index in [1.54, 1.807) is 0 Å². The van der Waals surface area contributed by atoms with Crippen molar-refractivity contribution in [3.05, 3.63) is 34.1 Å². The van der Waals surface area contributed by atoms with Gasteiger partial charge in [0.1, 0.15) is 10.6 Å². The van der Waals surface area contributed by atoms with Gasteiger partial charge in [-0.05, 0) is 6.07 Å². The standard InChI is InChI=1S/C8H4N2O6/c11-8(12)6-3-4(9-16-6)5-1-2-7(15-5)10(13)14/h1-3H,(H,11,12). The predicted molar refractivity (Wildman–Crippen MR) is 47.8 cm³/mol. The summed E-state index contributed by atoms with van der Waals surface area (Å²) in [6.45, 7) is 0. The highest BCUT2D eigenvalue weighted by Crippen LogP contribution is 2.25. The third-order valence-electron chi connectivity index (χ3n) is 1.75. The van der Waals surface area contributed by atoms with Crippen molar-refractivity contribution in [2.75, 3.05) is 0 Å². The Hall–Kier alpha value is -2.64. The van der Waals surface area contributed by atoms with Crippen LogP contribution < -0.4 is 0 Å². The molecular weight excluding hydrogens is 220 g/mol. The van der Waals surface area contributed by atoms with Crippen molar-refractivity contribution in [1.29, 1.82) is 0 Å². The van der Waals surface area contributed by atoms with E-state index in [0.29, 0.717) is 0 Å². The van der Waals surface area contributed by atoms with Crippen LogP contribution in [0.3, 0.4) is 0 Å². The van der Waals surface area contributed by atoms with Crippen LogP contribution in [0.4, 0.5) is 5.88 Å². The van der Waals surface area contributed by atoms with Gasteiger partial charge in [0.25, 0.3) is 0 Å². The number of aromatic nitrogens is 1. The van der Waals surface area contributed by atoms with Gasteiger partial charge in [-0.25, -0.2) is 4.79 Å². The highest BCUT2D eigenvalue weighted by molar-refractivity contribution is 5.85. The number of nitrogens with zero attached hydrogens (tertiary/aromatic N) is 2. The van der Waals surface area contributed by atoms with E-state index in [1.165, 1.54) is 6.07 Å². The molecule has 8 nitrogen and oxygen atoms in total. The molecule has 0 aliphatic rings. The van der Waals surface area contributed by atoms with Crippen LogP contribution in [0.2, 0.25) is 0 Å². The molecule has 0 radical (unpaired) electrons. The zero-order valence-electron chi connectivity index (χ0n) is 7.61. The van der Waals surface area contributed by atoms with Gasteiger partial charge in [-0.15, -0.1) is 0 Å². The molecule has 2 aromatic heterocycles. The topological polar surface area (TPSA) is 120 Å². The van der Waals surface area contributed by atoms with E-state index in [0.717, 1.165) is 12.1 Å². The minimum Gasteiger partial charge on any atom is -0.475 e. The van der Waals surface area contributed by atoms with Gasteiger partial charge >= 0.3 is 11.9 Å². The number of aromatic carboxylic acids is 1. The minimum absolute atomic E-state index is 0.0722. The Labute approximate surface area is 87.2 Å². The molecule has 0 saturated carbocycles. The third-order valence-corrected chi connectivity index (χ3v) is 1.75. The molecule has 2 heterocycles. The largest absolute Gasteiger partial charge is 0.475 e. The molecule has 8 heteroatoms. The molecule has 0 unspecified atom stereocenters. The first-order valence-electron chi connectivity index (χ1n) is 4.02. The fourth-order valence-electron chi connectivity index (χ4n) is 1.06.